The fourth-order valence-corrected chi connectivity index (χ4v) is 2.70. The van der Waals surface area contributed by atoms with E-state index in [1.54, 1.807) is 0 Å². The molecule has 25 heavy (non-hydrogen) atoms. The topological polar surface area (TPSA) is 84.1 Å². The predicted octanol–water partition coefficient (Wildman–Crippen LogP) is 3.92. The summed E-state index contributed by atoms with van der Waals surface area (Å²) in [5.74, 6) is 0.419. The summed E-state index contributed by atoms with van der Waals surface area (Å²) in [5, 5.41) is 13.8. The van der Waals surface area contributed by atoms with Crippen LogP contribution in [0.2, 0.25) is 0 Å². The molecule has 1 aromatic heterocycles. The minimum absolute atomic E-state index is 0.0362. The van der Waals surface area contributed by atoms with Gasteiger partial charge in [-0.1, -0.05) is 43.3 Å². The molecule has 3 rings (SSSR count). The number of nitrogens with one attached hydrogen (secondary N) is 1. The number of anilines is 2. The maximum atomic E-state index is 10.6. The van der Waals surface area contributed by atoms with Gasteiger partial charge in [0.2, 0.25) is 0 Å². The van der Waals surface area contributed by atoms with Crippen LogP contribution < -0.4 is 11.1 Å². The number of aromatic nitrogens is 2. The summed E-state index contributed by atoms with van der Waals surface area (Å²) < 4.78 is 0. The second-order valence-corrected chi connectivity index (χ2v) is 5.95. The van der Waals surface area contributed by atoms with Crippen molar-refractivity contribution in [2.75, 3.05) is 5.32 Å². The van der Waals surface area contributed by atoms with Crippen molar-refractivity contribution in [3.63, 3.8) is 0 Å². The van der Waals surface area contributed by atoms with E-state index in [9.17, 15) is 5.11 Å². The Bertz CT molecular complexity index is 875. The van der Waals surface area contributed by atoms with Gasteiger partial charge >= 0.3 is 0 Å². The molecule has 0 saturated heterocycles. The van der Waals surface area contributed by atoms with E-state index in [4.69, 9.17) is 5.73 Å². The highest BCUT2D eigenvalue weighted by molar-refractivity contribution is 5.75. The number of hydrogen-bond donors (Lipinski definition) is 3. The van der Waals surface area contributed by atoms with Crippen LogP contribution in [-0.2, 0) is 13.0 Å². The monoisotopic (exact) mass is 334 g/mol. The van der Waals surface area contributed by atoms with Gasteiger partial charge in [0.1, 0.15) is 12.0 Å². The Hall–Kier alpha value is -2.92. The number of aromatic hydroxyl groups is 1. The molecule has 0 unspecified atom stereocenters. The zero-order chi connectivity index (χ0) is 17.8. The maximum absolute atomic E-state index is 10.6. The van der Waals surface area contributed by atoms with E-state index < -0.39 is 0 Å². The fraction of sp³-hybridized carbons (Fsp3) is 0.200. The molecule has 0 fully saturated rings. The van der Waals surface area contributed by atoms with Crippen molar-refractivity contribution in [3.05, 3.63) is 65.5 Å². The summed E-state index contributed by atoms with van der Waals surface area (Å²) in [4.78, 5) is 8.42. The molecule has 0 aliphatic rings. The van der Waals surface area contributed by atoms with Crippen molar-refractivity contribution in [3.8, 4) is 17.0 Å². The summed E-state index contributed by atoms with van der Waals surface area (Å²) in [6.45, 7) is 4.60. The van der Waals surface area contributed by atoms with Gasteiger partial charge in [0.25, 0.3) is 0 Å². The Kier molecular flexibility index (Phi) is 4.95. The molecule has 2 aromatic carbocycles. The van der Waals surface area contributed by atoms with Crippen LogP contribution in [0.5, 0.6) is 5.75 Å². The van der Waals surface area contributed by atoms with Gasteiger partial charge in [-0.15, -0.1) is 0 Å². The van der Waals surface area contributed by atoms with Crippen LogP contribution in [0.15, 0.2) is 48.8 Å². The first-order valence-electron chi connectivity index (χ1n) is 8.32. The first kappa shape index (κ1) is 16.9. The largest absolute Gasteiger partial charge is 0.503 e. The second kappa shape index (κ2) is 7.32. The lowest BCUT2D eigenvalue weighted by atomic mass is 10.1. The van der Waals surface area contributed by atoms with Crippen LogP contribution in [0.1, 0.15) is 23.6 Å². The zero-order valence-corrected chi connectivity index (χ0v) is 14.5. The highest BCUT2D eigenvalue weighted by Gasteiger charge is 2.13. The van der Waals surface area contributed by atoms with E-state index in [1.165, 1.54) is 11.9 Å². The van der Waals surface area contributed by atoms with E-state index in [1.807, 2.05) is 49.4 Å². The molecule has 4 N–H and O–H groups in total. The SMILES string of the molecule is CCc1ccc(-c2ncnc(Nc3ccc(CN)cc3C)c2O)cc1. The van der Waals surface area contributed by atoms with E-state index in [0.29, 0.717) is 18.1 Å². The van der Waals surface area contributed by atoms with Crippen molar-refractivity contribution < 1.29 is 5.11 Å². The molecule has 3 aromatic rings. The summed E-state index contributed by atoms with van der Waals surface area (Å²) in [7, 11) is 0. The fourth-order valence-electron chi connectivity index (χ4n) is 2.70. The lowest BCUT2D eigenvalue weighted by Crippen LogP contribution is -2.01. The normalized spacial score (nSPS) is 10.7. The highest BCUT2D eigenvalue weighted by atomic mass is 16.3. The first-order chi connectivity index (χ1) is 12.1. The first-order valence-corrected chi connectivity index (χ1v) is 8.32. The van der Waals surface area contributed by atoms with Crippen molar-refractivity contribution in [1.82, 2.24) is 9.97 Å². The molecular formula is C20H22N4O. The minimum atomic E-state index is 0.0362. The summed E-state index contributed by atoms with van der Waals surface area (Å²) in [5.41, 5.74) is 11.3. The van der Waals surface area contributed by atoms with Crippen LogP contribution in [0.4, 0.5) is 11.5 Å². The standard InChI is InChI=1S/C20H22N4O/c1-3-14-4-7-16(8-5-14)18-19(25)20(23-12-22-18)24-17-9-6-15(11-21)10-13(17)2/h4-10,12,25H,3,11,21H2,1-2H3,(H,22,23,24). The number of aryl methyl sites for hydroxylation is 2. The van der Waals surface area contributed by atoms with Gasteiger partial charge in [-0.25, -0.2) is 9.97 Å². The average molecular weight is 334 g/mol. The molecule has 0 spiro atoms. The van der Waals surface area contributed by atoms with Crippen molar-refractivity contribution in [1.29, 1.82) is 0 Å². The predicted molar refractivity (Wildman–Crippen MR) is 101 cm³/mol. The quantitative estimate of drug-likeness (QED) is 0.658. The minimum Gasteiger partial charge on any atom is -0.503 e. The van der Waals surface area contributed by atoms with Crippen LogP contribution in [0.25, 0.3) is 11.3 Å². The highest BCUT2D eigenvalue weighted by Crippen LogP contribution is 2.34. The molecule has 1 heterocycles. The van der Waals surface area contributed by atoms with Crippen LogP contribution in [0.3, 0.4) is 0 Å². The Morgan fingerprint density at radius 3 is 2.40 bits per heavy atom. The molecular weight excluding hydrogens is 312 g/mol. The smallest absolute Gasteiger partial charge is 0.185 e. The lowest BCUT2D eigenvalue weighted by molar-refractivity contribution is 0.475. The molecule has 0 aliphatic heterocycles. The van der Waals surface area contributed by atoms with Gasteiger partial charge in [0.05, 0.1) is 0 Å². The van der Waals surface area contributed by atoms with Crippen LogP contribution in [0, 0.1) is 6.92 Å². The van der Waals surface area contributed by atoms with Gasteiger partial charge in [-0.05, 0) is 36.1 Å². The molecule has 0 bridgehead atoms. The zero-order valence-electron chi connectivity index (χ0n) is 14.5. The third-order valence-electron chi connectivity index (χ3n) is 4.24. The third kappa shape index (κ3) is 3.61. The Labute approximate surface area is 147 Å². The van der Waals surface area contributed by atoms with E-state index in [2.05, 4.69) is 22.2 Å². The molecule has 5 nitrogen and oxygen atoms in total. The van der Waals surface area contributed by atoms with E-state index in [-0.39, 0.29) is 5.75 Å². The number of benzene rings is 2. The number of nitrogens with two attached hydrogens (primary N) is 1. The van der Waals surface area contributed by atoms with Gasteiger partial charge in [0, 0.05) is 17.8 Å². The van der Waals surface area contributed by atoms with Gasteiger partial charge in [-0.2, -0.15) is 0 Å². The Morgan fingerprint density at radius 2 is 1.76 bits per heavy atom. The number of hydrogen-bond acceptors (Lipinski definition) is 5. The molecule has 0 saturated carbocycles. The van der Waals surface area contributed by atoms with Crippen LogP contribution >= 0.6 is 0 Å². The van der Waals surface area contributed by atoms with Crippen molar-refractivity contribution in [2.45, 2.75) is 26.8 Å². The van der Waals surface area contributed by atoms with Gasteiger partial charge in [-0.3, -0.25) is 0 Å². The van der Waals surface area contributed by atoms with Crippen molar-refractivity contribution >= 4 is 11.5 Å². The lowest BCUT2D eigenvalue weighted by Gasteiger charge is -2.13. The molecule has 0 atom stereocenters. The molecule has 5 heteroatoms. The molecule has 0 radical (unpaired) electrons. The van der Waals surface area contributed by atoms with E-state index >= 15 is 0 Å². The maximum Gasteiger partial charge on any atom is 0.185 e. The average Bonchev–Trinajstić information content (AvgIpc) is 2.65. The molecule has 128 valence electrons. The van der Waals surface area contributed by atoms with Gasteiger partial charge < -0.3 is 16.2 Å². The second-order valence-electron chi connectivity index (χ2n) is 5.95. The summed E-state index contributed by atoms with van der Waals surface area (Å²) in [6.07, 6.45) is 2.43. The summed E-state index contributed by atoms with van der Waals surface area (Å²) >= 11 is 0. The number of nitrogens with zero attached hydrogens (tertiary/aromatic N) is 2. The number of rotatable bonds is 5. The van der Waals surface area contributed by atoms with Gasteiger partial charge in [0.15, 0.2) is 11.6 Å². The van der Waals surface area contributed by atoms with Crippen molar-refractivity contribution in [2.24, 2.45) is 5.73 Å². The van der Waals surface area contributed by atoms with E-state index in [0.717, 1.165) is 28.8 Å². The Morgan fingerprint density at radius 1 is 1.04 bits per heavy atom. The molecule has 0 amide bonds. The Balaban J connectivity index is 1.93. The van der Waals surface area contributed by atoms with Crippen LogP contribution in [-0.4, -0.2) is 15.1 Å². The third-order valence-corrected chi connectivity index (χ3v) is 4.24. The summed E-state index contributed by atoms with van der Waals surface area (Å²) in [6, 6.07) is 13.9. The molecule has 0 aliphatic carbocycles.